The number of benzene rings is 1. The Morgan fingerprint density at radius 3 is 2.88 bits per heavy atom. The summed E-state index contributed by atoms with van der Waals surface area (Å²) in [5.41, 5.74) is 7.93. The molecule has 7 nitrogen and oxygen atoms in total. The minimum atomic E-state index is -0.511. The van der Waals surface area contributed by atoms with Crippen molar-refractivity contribution in [3.63, 3.8) is 0 Å². The van der Waals surface area contributed by atoms with E-state index < -0.39 is 5.91 Å². The fraction of sp³-hybridized carbons (Fsp3) is 0.278. The third-order valence-electron chi connectivity index (χ3n) is 4.20. The number of ether oxygens (including phenoxy) is 1. The van der Waals surface area contributed by atoms with E-state index >= 15 is 0 Å². The molecule has 1 unspecified atom stereocenters. The van der Waals surface area contributed by atoms with Crippen LogP contribution in [0.3, 0.4) is 0 Å². The molecule has 136 valence electrons. The molecule has 4 N–H and O–H groups in total. The van der Waals surface area contributed by atoms with Crippen molar-refractivity contribution >= 4 is 40.0 Å². The van der Waals surface area contributed by atoms with Gasteiger partial charge in [-0.3, -0.25) is 4.79 Å². The van der Waals surface area contributed by atoms with E-state index in [1.807, 2.05) is 20.8 Å². The molecule has 26 heavy (non-hydrogen) atoms. The van der Waals surface area contributed by atoms with Gasteiger partial charge in [0.15, 0.2) is 0 Å². The average molecular weight is 374 g/mol. The van der Waals surface area contributed by atoms with E-state index in [1.165, 1.54) is 6.33 Å². The predicted molar refractivity (Wildman–Crippen MR) is 102 cm³/mol. The van der Waals surface area contributed by atoms with Crippen LogP contribution in [-0.2, 0) is 0 Å². The number of hydrogen-bond acceptors (Lipinski definition) is 5. The van der Waals surface area contributed by atoms with Gasteiger partial charge in [-0.2, -0.15) is 0 Å². The summed E-state index contributed by atoms with van der Waals surface area (Å²) >= 11 is 6.17. The fourth-order valence-corrected chi connectivity index (χ4v) is 2.73. The average Bonchev–Trinajstić information content (AvgIpc) is 2.91. The van der Waals surface area contributed by atoms with Crippen LogP contribution in [-0.4, -0.2) is 27.0 Å². The minimum Gasteiger partial charge on any atom is -0.489 e. The zero-order valence-corrected chi connectivity index (χ0v) is 15.5. The fourth-order valence-electron chi connectivity index (χ4n) is 2.54. The molecule has 0 fully saturated rings. The number of aryl methyl sites for hydroxylation is 1. The topological polar surface area (TPSA) is 106 Å². The highest BCUT2D eigenvalue weighted by Gasteiger charge is 2.16. The Balaban J connectivity index is 2.05. The lowest BCUT2D eigenvalue weighted by molar-refractivity contribution is 0.0999. The Labute approximate surface area is 155 Å². The summed E-state index contributed by atoms with van der Waals surface area (Å²) < 4.78 is 5.96. The van der Waals surface area contributed by atoms with Gasteiger partial charge in [0.25, 0.3) is 0 Å². The molecule has 3 rings (SSSR count). The van der Waals surface area contributed by atoms with Crippen LogP contribution in [0.5, 0.6) is 5.75 Å². The summed E-state index contributed by atoms with van der Waals surface area (Å²) in [6, 6.07) is 5.02. The summed E-state index contributed by atoms with van der Waals surface area (Å²) in [4.78, 5) is 23.1. The molecule has 8 heteroatoms. The van der Waals surface area contributed by atoms with Crippen molar-refractivity contribution in [3.05, 3.63) is 40.8 Å². The van der Waals surface area contributed by atoms with E-state index in [0.717, 1.165) is 17.4 Å². The lowest BCUT2D eigenvalue weighted by Crippen LogP contribution is -2.14. The number of nitrogens with zero attached hydrogens (tertiary/aromatic N) is 2. The maximum Gasteiger partial charge on any atom is 0.248 e. The Hall–Kier alpha value is -2.80. The van der Waals surface area contributed by atoms with Gasteiger partial charge in [0, 0.05) is 5.56 Å². The summed E-state index contributed by atoms with van der Waals surface area (Å²) in [7, 11) is 0. The van der Waals surface area contributed by atoms with Crippen LogP contribution in [0, 0.1) is 6.92 Å². The number of carbonyl (C=O) groups is 1. The first-order valence-electron chi connectivity index (χ1n) is 8.27. The van der Waals surface area contributed by atoms with Crippen molar-refractivity contribution in [1.82, 2.24) is 15.0 Å². The summed E-state index contributed by atoms with van der Waals surface area (Å²) in [5.74, 6) is 0.612. The second-order valence-electron chi connectivity index (χ2n) is 6.05. The van der Waals surface area contributed by atoms with Crippen LogP contribution in [0.2, 0.25) is 5.15 Å². The number of hydrogen-bond donors (Lipinski definition) is 3. The normalized spacial score (nSPS) is 12.2. The third-order valence-corrected chi connectivity index (χ3v) is 4.58. The lowest BCUT2D eigenvalue weighted by atomic mass is 10.1. The van der Waals surface area contributed by atoms with Gasteiger partial charge in [-0.1, -0.05) is 18.5 Å². The van der Waals surface area contributed by atoms with Gasteiger partial charge < -0.3 is 20.8 Å². The monoisotopic (exact) mass is 373 g/mol. The number of nitrogens with one attached hydrogen (secondary N) is 2. The van der Waals surface area contributed by atoms with Crippen molar-refractivity contribution in [3.8, 4) is 5.75 Å². The van der Waals surface area contributed by atoms with Gasteiger partial charge in [-0.15, -0.1) is 0 Å². The van der Waals surface area contributed by atoms with E-state index in [2.05, 4.69) is 20.3 Å². The molecule has 0 aliphatic rings. The number of carbonyl (C=O) groups excluding carboxylic acids is 1. The molecule has 0 bridgehead atoms. The number of halogens is 1. The first-order chi connectivity index (χ1) is 12.4. The third kappa shape index (κ3) is 3.43. The van der Waals surface area contributed by atoms with Crippen LogP contribution < -0.4 is 15.8 Å². The highest BCUT2D eigenvalue weighted by molar-refractivity contribution is 6.31. The Kier molecular flexibility index (Phi) is 4.99. The summed E-state index contributed by atoms with van der Waals surface area (Å²) in [6.45, 7) is 5.87. The van der Waals surface area contributed by atoms with Gasteiger partial charge in [0.05, 0.1) is 17.2 Å². The zero-order valence-electron chi connectivity index (χ0n) is 14.8. The molecule has 2 aromatic heterocycles. The highest BCUT2D eigenvalue weighted by atomic mass is 35.5. The number of H-pyrrole nitrogens is 1. The number of anilines is 2. The van der Waals surface area contributed by atoms with E-state index in [9.17, 15) is 4.79 Å². The van der Waals surface area contributed by atoms with Crippen LogP contribution in [0.1, 0.15) is 36.2 Å². The minimum absolute atomic E-state index is 0.0208. The van der Waals surface area contributed by atoms with Gasteiger partial charge in [-0.25, -0.2) is 9.97 Å². The van der Waals surface area contributed by atoms with Crippen molar-refractivity contribution < 1.29 is 9.53 Å². The van der Waals surface area contributed by atoms with Crippen molar-refractivity contribution in [1.29, 1.82) is 0 Å². The SMILES string of the molecule is CCC(C)Oc1cc(C(N)=O)ccc1Nc1ncnc2[nH]c(Cl)c(C)c12. The second-order valence-corrected chi connectivity index (χ2v) is 6.42. The molecule has 0 saturated carbocycles. The van der Waals surface area contributed by atoms with Crippen LogP contribution in [0.15, 0.2) is 24.5 Å². The van der Waals surface area contributed by atoms with E-state index in [1.54, 1.807) is 18.2 Å². The molecule has 0 aliphatic carbocycles. The van der Waals surface area contributed by atoms with E-state index in [0.29, 0.717) is 33.6 Å². The summed E-state index contributed by atoms with van der Waals surface area (Å²) in [5, 5.41) is 4.57. The number of primary amides is 1. The van der Waals surface area contributed by atoms with E-state index in [-0.39, 0.29) is 6.10 Å². The van der Waals surface area contributed by atoms with E-state index in [4.69, 9.17) is 22.1 Å². The van der Waals surface area contributed by atoms with Crippen molar-refractivity contribution in [2.75, 3.05) is 5.32 Å². The smallest absolute Gasteiger partial charge is 0.248 e. The van der Waals surface area contributed by atoms with Gasteiger partial charge >= 0.3 is 0 Å². The zero-order chi connectivity index (χ0) is 18.8. The predicted octanol–water partition coefficient (Wildman–Crippen LogP) is 3.94. The van der Waals surface area contributed by atoms with Gasteiger partial charge in [0.2, 0.25) is 5.91 Å². The lowest BCUT2D eigenvalue weighted by Gasteiger charge is -2.18. The molecule has 0 saturated heterocycles. The largest absolute Gasteiger partial charge is 0.489 e. The molecule has 3 aromatic rings. The van der Waals surface area contributed by atoms with Crippen molar-refractivity contribution in [2.45, 2.75) is 33.3 Å². The van der Waals surface area contributed by atoms with Crippen LogP contribution in [0.25, 0.3) is 11.0 Å². The number of aromatic amines is 1. The number of aromatic nitrogens is 3. The first kappa shape index (κ1) is 18.0. The van der Waals surface area contributed by atoms with Crippen LogP contribution >= 0.6 is 11.6 Å². The molecular formula is C18H20ClN5O2. The maximum atomic E-state index is 11.5. The molecule has 1 atom stereocenters. The standard InChI is InChI=1S/C18H20ClN5O2/c1-4-9(2)26-13-7-11(16(20)25)5-6-12(13)23-17-14-10(3)15(19)24-18(14)22-8-21-17/h5-9H,4H2,1-3H3,(H2,20,25)(H2,21,22,23,24). The molecule has 2 heterocycles. The van der Waals surface area contributed by atoms with Gasteiger partial charge in [0.1, 0.15) is 28.7 Å². The second kappa shape index (κ2) is 7.21. The van der Waals surface area contributed by atoms with Gasteiger partial charge in [-0.05, 0) is 44.0 Å². The molecule has 0 aliphatic heterocycles. The van der Waals surface area contributed by atoms with Crippen molar-refractivity contribution in [2.24, 2.45) is 5.73 Å². The number of nitrogens with two attached hydrogens (primary N) is 1. The maximum absolute atomic E-state index is 11.5. The number of rotatable bonds is 6. The molecule has 0 spiro atoms. The Morgan fingerprint density at radius 1 is 1.42 bits per heavy atom. The molecule has 1 aromatic carbocycles. The van der Waals surface area contributed by atoms with Crippen LogP contribution in [0.4, 0.5) is 11.5 Å². The molecular weight excluding hydrogens is 354 g/mol. The molecule has 0 radical (unpaired) electrons. The quantitative estimate of drug-likeness (QED) is 0.606. The number of amides is 1. The molecule has 1 amide bonds. The first-order valence-corrected chi connectivity index (χ1v) is 8.64. The Bertz CT molecular complexity index is 970. The number of fused-ring (bicyclic) bond motifs is 1. The highest BCUT2D eigenvalue weighted by Crippen LogP contribution is 2.34. The Morgan fingerprint density at radius 2 is 2.19 bits per heavy atom. The summed E-state index contributed by atoms with van der Waals surface area (Å²) in [6.07, 6.45) is 2.25.